The average Bonchev–Trinajstić information content (AvgIpc) is 2.68. The highest BCUT2D eigenvalue weighted by Crippen LogP contribution is 2.38. The van der Waals surface area contributed by atoms with E-state index < -0.39 is 0 Å². The van der Waals surface area contributed by atoms with Crippen molar-refractivity contribution in [1.82, 2.24) is 4.57 Å². The normalized spacial score (nSPS) is 11.2. The van der Waals surface area contributed by atoms with Crippen molar-refractivity contribution in [2.45, 2.75) is 19.8 Å². The van der Waals surface area contributed by atoms with Crippen molar-refractivity contribution in [2.75, 3.05) is 0 Å². The average molecular weight is 290 g/mol. The molecule has 0 bridgehead atoms. The molecule has 1 aromatic carbocycles. The lowest BCUT2D eigenvalue weighted by atomic mass is 10.2. The van der Waals surface area contributed by atoms with Gasteiger partial charge in [-0.2, -0.15) is 0 Å². The van der Waals surface area contributed by atoms with E-state index in [9.17, 15) is 9.90 Å². The lowest BCUT2D eigenvalue weighted by Gasteiger charge is -2.03. The van der Waals surface area contributed by atoms with Crippen LogP contribution in [0.15, 0.2) is 34.5 Å². The Kier molecular flexibility index (Phi) is 4.09. The van der Waals surface area contributed by atoms with E-state index in [2.05, 4.69) is 22.4 Å². The summed E-state index contributed by atoms with van der Waals surface area (Å²) in [7, 11) is 0. The van der Waals surface area contributed by atoms with Crippen molar-refractivity contribution in [1.29, 1.82) is 0 Å². The Hall–Kier alpha value is -2.28. The SMILES string of the molecule is CCCC(=O)n1c(O)c(N=NC(N)=S)c2ccccc21. The van der Waals surface area contributed by atoms with Crippen LogP contribution in [0.25, 0.3) is 10.9 Å². The third kappa shape index (κ3) is 2.53. The summed E-state index contributed by atoms with van der Waals surface area (Å²) in [6, 6.07) is 7.06. The molecule has 2 aromatic rings. The highest BCUT2D eigenvalue weighted by Gasteiger charge is 2.20. The summed E-state index contributed by atoms with van der Waals surface area (Å²) < 4.78 is 1.24. The van der Waals surface area contributed by atoms with Gasteiger partial charge >= 0.3 is 0 Å². The summed E-state index contributed by atoms with van der Waals surface area (Å²) in [5.41, 5.74) is 6.04. The summed E-state index contributed by atoms with van der Waals surface area (Å²) >= 11 is 4.62. The maximum Gasteiger partial charge on any atom is 0.233 e. The fourth-order valence-corrected chi connectivity index (χ4v) is 2.03. The van der Waals surface area contributed by atoms with Crippen molar-refractivity contribution in [3.63, 3.8) is 0 Å². The molecule has 6 nitrogen and oxygen atoms in total. The Morgan fingerprint density at radius 3 is 2.80 bits per heavy atom. The number of hydrogen-bond acceptors (Lipinski definition) is 4. The highest BCUT2D eigenvalue weighted by atomic mass is 32.1. The fraction of sp³-hybridized carbons (Fsp3) is 0.231. The molecule has 0 radical (unpaired) electrons. The summed E-state index contributed by atoms with van der Waals surface area (Å²) in [4.78, 5) is 12.1. The standard InChI is InChI=1S/C13H14N4O2S/c1-2-5-10(18)17-9-7-4-3-6-8(9)11(12(17)19)15-16-13(14)20/h3-4,6-7,19H,2,5H2,1H3,(H2,14,20). The first kappa shape index (κ1) is 14.1. The molecule has 0 aliphatic heterocycles. The van der Waals surface area contributed by atoms with Crippen LogP contribution in [0.3, 0.4) is 0 Å². The van der Waals surface area contributed by atoms with Crippen LogP contribution in [0, 0.1) is 0 Å². The molecule has 0 atom stereocenters. The van der Waals surface area contributed by atoms with E-state index >= 15 is 0 Å². The van der Waals surface area contributed by atoms with Gasteiger partial charge in [0.05, 0.1) is 5.52 Å². The Morgan fingerprint density at radius 1 is 1.45 bits per heavy atom. The van der Waals surface area contributed by atoms with E-state index in [0.29, 0.717) is 23.7 Å². The van der Waals surface area contributed by atoms with Crippen LogP contribution in [0.1, 0.15) is 24.6 Å². The van der Waals surface area contributed by atoms with Gasteiger partial charge in [-0.15, -0.1) is 10.2 Å². The van der Waals surface area contributed by atoms with Crippen LogP contribution in [-0.2, 0) is 0 Å². The molecule has 0 saturated carbocycles. The number of para-hydroxylation sites is 1. The maximum atomic E-state index is 12.1. The van der Waals surface area contributed by atoms with Crippen LogP contribution in [-0.4, -0.2) is 20.7 Å². The number of benzene rings is 1. The molecule has 0 unspecified atom stereocenters. The monoisotopic (exact) mass is 290 g/mol. The molecule has 20 heavy (non-hydrogen) atoms. The molecule has 1 aromatic heterocycles. The van der Waals surface area contributed by atoms with Gasteiger partial charge in [0, 0.05) is 11.8 Å². The molecular weight excluding hydrogens is 276 g/mol. The number of aromatic hydroxyl groups is 1. The smallest absolute Gasteiger partial charge is 0.233 e. The zero-order chi connectivity index (χ0) is 14.7. The van der Waals surface area contributed by atoms with Gasteiger partial charge in [-0.25, -0.2) is 4.57 Å². The third-order valence-electron chi connectivity index (χ3n) is 2.79. The quantitative estimate of drug-likeness (QED) is 0.671. The van der Waals surface area contributed by atoms with E-state index in [1.165, 1.54) is 4.57 Å². The summed E-state index contributed by atoms with van der Waals surface area (Å²) in [5, 5.41) is 18.1. The number of rotatable bonds is 3. The number of carbonyl (C=O) groups excluding carboxylic acids is 1. The summed E-state index contributed by atoms with van der Waals surface area (Å²) in [5.74, 6) is -0.442. The molecule has 3 N–H and O–H groups in total. The van der Waals surface area contributed by atoms with E-state index in [1.54, 1.807) is 24.3 Å². The molecule has 0 aliphatic carbocycles. The molecule has 0 fully saturated rings. The first-order chi connectivity index (χ1) is 9.56. The lowest BCUT2D eigenvalue weighted by Crippen LogP contribution is -2.08. The minimum atomic E-state index is -0.246. The Morgan fingerprint density at radius 2 is 2.15 bits per heavy atom. The van der Waals surface area contributed by atoms with E-state index in [0.717, 1.165) is 0 Å². The number of carbonyl (C=O) groups is 1. The molecule has 104 valence electrons. The summed E-state index contributed by atoms with van der Waals surface area (Å²) in [6.45, 7) is 1.90. The van der Waals surface area contributed by atoms with Crippen LogP contribution in [0.4, 0.5) is 5.69 Å². The predicted octanol–water partition coefficient (Wildman–Crippen LogP) is 3.11. The number of azo groups is 1. The van der Waals surface area contributed by atoms with E-state index in [1.807, 2.05) is 6.92 Å². The zero-order valence-corrected chi connectivity index (χ0v) is 11.7. The second kappa shape index (κ2) is 5.79. The highest BCUT2D eigenvalue weighted by molar-refractivity contribution is 7.80. The van der Waals surface area contributed by atoms with Crippen molar-refractivity contribution in [3.05, 3.63) is 24.3 Å². The predicted molar refractivity (Wildman–Crippen MR) is 80.4 cm³/mol. The van der Waals surface area contributed by atoms with Gasteiger partial charge < -0.3 is 10.8 Å². The van der Waals surface area contributed by atoms with Gasteiger partial charge in [0.1, 0.15) is 0 Å². The van der Waals surface area contributed by atoms with Crippen molar-refractivity contribution >= 4 is 39.8 Å². The molecule has 7 heteroatoms. The number of thiocarbonyl (C=S) groups is 1. The summed E-state index contributed by atoms with van der Waals surface area (Å²) in [6.07, 6.45) is 1.02. The lowest BCUT2D eigenvalue weighted by molar-refractivity contribution is 0.0898. The topological polar surface area (TPSA) is 93.0 Å². The minimum absolute atomic E-state index is 0.138. The second-order valence-corrected chi connectivity index (χ2v) is 4.63. The number of hydrogen-bond donors (Lipinski definition) is 2. The van der Waals surface area contributed by atoms with E-state index in [4.69, 9.17) is 5.73 Å². The van der Waals surface area contributed by atoms with Crippen LogP contribution in [0.2, 0.25) is 0 Å². The van der Waals surface area contributed by atoms with Gasteiger partial charge in [-0.05, 0) is 24.7 Å². The largest absolute Gasteiger partial charge is 0.493 e. The number of aromatic nitrogens is 1. The second-order valence-electron chi connectivity index (χ2n) is 4.21. The molecule has 0 amide bonds. The molecular formula is C13H14N4O2S. The third-order valence-corrected chi connectivity index (χ3v) is 2.87. The maximum absolute atomic E-state index is 12.1. The first-order valence-electron chi connectivity index (χ1n) is 6.13. The molecule has 1 heterocycles. The van der Waals surface area contributed by atoms with Gasteiger partial charge in [-0.1, -0.05) is 25.1 Å². The van der Waals surface area contributed by atoms with Gasteiger partial charge in [-0.3, -0.25) is 4.79 Å². The fourth-order valence-electron chi connectivity index (χ4n) is 1.99. The van der Waals surface area contributed by atoms with Gasteiger partial charge in [0.2, 0.25) is 16.9 Å². The number of nitrogens with two attached hydrogens (primary N) is 1. The molecule has 0 aliphatic rings. The Balaban J connectivity index is 2.67. The Bertz CT molecular complexity index is 706. The van der Waals surface area contributed by atoms with Gasteiger partial charge in [0.15, 0.2) is 5.69 Å². The Labute approximate surface area is 120 Å². The van der Waals surface area contributed by atoms with Crippen LogP contribution < -0.4 is 5.73 Å². The number of nitrogens with zero attached hydrogens (tertiary/aromatic N) is 3. The number of fused-ring (bicyclic) bond motifs is 1. The van der Waals surface area contributed by atoms with Gasteiger partial charge in [0.25, 0.3) is 0 Å². The van der Waals surface area contributed by atoms with Crippen LogP contribution in [0.5, 0.6) is 5.88 Å². The zero-order valence-electron chi connectivity index (χ0n) is 10.9. The molecule has 0 spiro atoms. The van der Waals surface area contributed by atoms with Crippen molar-refractivity contribution in [2.24, 2.45) is 16.0 Å². The molecule has 2 rings (SSSR count). The first-order valence-corrected chi connectivity index (χ1v) is 6.53. The van der Waals surface area contributed by atoms with Crippen LogP contribution >= 0.6 is 12.2 Å². The van der Waals surface area contributed by atoms with Crippen molar-refractivity contribution < 1.29 is 9.90 Å². The minimum Gasteiger partial charge on any atom is -0.493 e. The molecule has 0 saturated heterocycles. The van der Waals surface area contributed by atoms with E-state index in [-0.39, 0.29) is 22.6 Å². The van der Waals surface area contributed by atoms with Crippen molar-refractivity contribution in [3.8, 4) is 5.88 Å².